The molecule has 0 fully saturated rings. The zero-order valence-electron chi connectivity index (χ0n) is 20.9. The van der Waals surface area contributed by atoms with Crippen molar-refractivity contribution in [3.63, 3.8) is 0 Å². The molecule has 0 radical (unpaired) electrons. The van der Waals surface area contributed by atoms with Crippen LogP contribution < -0.4 is 11.0 Å². The van der Waals surface area contributed by atoms with E-state index in [1.165, 1.54) is 23.0 Å². The molecule has 40 heavy (non-hydrogen) atoms. The number of nitrogens with zero attached hydrogens (tertiary/aromatic N) is 6. The van der Waals surface area contributed by atoms with Gasteiger partial charge in [-0.15, -0.1) is 0 Å². The Morgan fingerprint density at radius 3 is 2.40 bits per heavy atom. The summed E-state index contributed by atoms with van der Waals surface area (Å²) < 4.78 is 43.9. The van der Waals surface area contributed by atoms with Crippen LogP contribution in [0.15, 0.2) is 90.1 Å². The van der Waals surface area contributed by atoms with Gasteiger partial charge in [-0.25, -0.2) is 23.7 Å². The van der Waals surface area contributed by atoms with Crippen LogP contribution in [0.4, 0.5) is 23.7 Å². The smallest absolute Gasteiger partial charge is 0.333 e. The Labute approximate surface area is 225 Å². The van der Waals surface area contributed by atoms with E-state index in [0.29, 0.717) is 17.1 Å². The van der Waals surface area contributed by atoms with Crippen LogP contribution in [0.3, 0.4) is 0 Å². The van der Waals surface area contributed by atoms with Crippen molar-refractivity contribution in [1.82, 2.24) is 29.2 Å². The molecule has 1 N–H and O–H groups in total. The van der Waals surface area contributed by atoms with E-state index in [4.69, 9.17) is 6.57 Å². The average molecular weight is 544 g/mol. The Morgan fingerprint density at radius 1 is 1.00 bits per heavy atom. The lowest BCUT2D eigenvalue weighted by molar-refractivity contribution is -0.137. The first-order valence-electron chi connectivity index (χ1n) is 11.9. The molecule has 0 unspecified atom stereocenters. The summed E-state index contributed by atoms with van der Waals surface area (Å²) in [5.74, 6) is 0. The lowest BCUT2D eigenvalue weighted by Gasteiger charge is -2.12. The molecule has 9 nitrogen and oxygen atoms in total. The number of pyridine rings is 1. The summed E-state index contributed by atoms with van der Waals surface area (Å²) in [7, 11) is 0. The van der Waals surface area contributed by atoms with Gasteiger partial charge in [0, 0.05) is 18.9 Å². The maximum Gasteiger partial charge on any atom is 0.416 e. The molecule has 0 aliphatic rings. The van der Waals surface area contributed by atoms with Gasteiger partial charge in [-0.3, -0.25) is 9.55 Å². The number of halogens is 3. The maximum atomic E-state index is 13.8. The number of hydrogen-bond acceptors (Lipinski definition) is 4. The minimum atomic E-state index is -4.63. The third kappa shape index (κ3) is 4.88. The second kappa shape index (κ2) is 10.4. The molecule has 0 saturated heterocycles. The van der Waals surface area contributed by atoms with Gasteiger partial charge in [-0.1, -0.05) is 18.2 Å². The van der Waals surface area contributed by atoms with E-state index in [2.05, 4.69) is 20.2 Å². The van der Waals surface area contributed by atoms with Crippen LogP contribution >= 0.6 is 0 Å². The van der Waals surface area contributed by atoms with Crippen molar-refractivity contribution in [3.05, 3.63) is 124 Å². The van der Waals surface area contributed by atoms with Crippen LogP contribution in [0.2, 0.25) is 0 Å². The molecule has 0 bridgehead atoms. The number of benzene rings is 2. The number of rotatable bonds is 5. The van der Waals surface area contributed by atoms with Crippen LogP contribution in [-0.4, -0.2) is 29.9 Å². The van der Waals surface area contributed by atoms with Crippen molar-refractivity contribution >= 4 is 11.7 Å². The second-order valence-electron chi connectivity index (χ2n) is 8.71. The van der Waals surface area contributed by atoms with Gasteiger partial charge in [0.25, 0.3) is 0 Å². The number of alkyl halides is 3. The minimum Gasteiger partial charge on any atom is -0.333 e. The topological polar surface area (TPSA) is 91.1 Å². The normalized spacial score (nSPS) is 11.3. The van der Waals surface area contributed by atoms with Crippen LogP contribution in [0.25, 0.3) is 27.6 Å². The highest BCUT2D eigenvalue weighted by atomic mass is 19.4. The Hall–Kier alpha value is -5.44. The maximum absolute atomic E-state index is 13.8. The molecule has 5 rings (SSSR count). The molecule has 12 heteroatoms. The van der Waals surface area contributed by atoms with Gasteiger partial charge in [0.05, 0.1) is 41.1 Å². The minimum absolute atomic E-state index is 0.0493. The van der Waals surface area contributed by atoms with Crippen molar-refractivity contribution in [1.29, 1.82) is 0 Å². The first-order valence-corrected chi connectivity index (χ1v) is 11.9. The molecule has 1 amide bonds. The van der Waals surface area contributed by atoms with Gasteiger partial charge in [0.1, 0.15) is 5.69 Å². The summed E-state index contributed by atoms with van der Waals surface area (Å²) in [6, 6.07) is 15.1. The van der Waals surface area contributed by atoms with E-state index in [9.17, 15) is 22.8 Å². The van der Waals surface area contributed by atoms with Crippen LogP contribution in [0.5, 0.6) is 0 Å². The zero-order chi connectivity index (χ0) is 28.4. The first-order chi connectivity index (χ1) is 19.2. The highest BCUT2D eigenvalue weighted by molar-refractivity contribution is 5.83. The number of hydrogen-bond donors (Lipinski definition) is 1. The average Bonchev–Trinajstić information content (AvgIpc) is 3.53. The lowest BCUT2D eigenvalue weighted by Crippen LogP contribution is -2.37. The van der Waals surface area contributed by atoms with Gasteiger partial charge >= 0.3 is 17.9 Å². The molecule has 0 saturated carbocycles. The van der Waals surface area contributed by atoms with E-state index < -0.39 is 23.5 Å². The highest BCUT2D eigenvalue weighted by Crippen LogP contribution is 2.32. The fourth-order valence-corrected chi connectivity index (χ4v) is 4.33. The molecule has 0 aliphatic carbocycles. The molecule has 5 aromatic rings. The monoisotopic (exact) mass is 543 g/mol. The van der Waals surface area contributed by atoms with Gasteiger partial charge < -0.3 is 5.32 Å². The summed E-state index contributed by atoms with van der Waals surface area (Å²) >= 11 is 0. The van der Waals surface area contributed by atoms with Gasteiger partial charge in [0.15, 0.2) is 5.69 Å². The van der Waals surface area contributed by atoms with Crippen molar-refractivity contribution < 1.29 is 18.0 Å². The molecule has 0 aliphatic heterocycles. The summed E-state index contributed by atoms with van der Waals surface area (Å²) in [6.07, 6.45) is -0.0316. The van der Waals surface area contributed by atoms with Crippen molar-refractivity contribution in [2.24, 2.45) is 0 Å². The molecular formula is C28H20F3N7O2. The molecule has 3 aromatic heterocycles. The van der Waals surface area contributed by atoms with E-state index >= 15 is 0 Å². The lowest BCUT2D eigenvalue weighted by atomic mass is 10.2. The largest absolute Gasteiger partial charge is 0.416 e. The quantitative estimate of drug-likeness (QED) is 0.296. The van der Waals surface area contributed by atoms with Crippen molar-refractivity contribution in [2.75, 3.05) is 0 Å². The Kier molecular flexibility index (Phi) is 6.79. The highest BCUT2D eigenvalue weighted by Gasteiger charge is 2.32. The molecular weight excluding hydrogens is 523 g/mol. The molecule has 200 valence electrons. The summed E-state index contributed by atoms with van der Waals surface area (Å²) in [5.41, 5.74) is 0.572. The van der Waals surface area contributed by atoms with Crippen molar-refractivity contribution in [2.45, 2.75) is 19.6 Å². The number of carbonyl (C=O) groups excluding carboxylic acids is 1. The number of amides is 1. The van der Waals surface area contributed by atoms with Gasteiger partial charge in [-0.2, -0.15) is 18.3 Å². The Morgan fingerprint density at radius 2 is 1.73 bits per heavy atom. The number of aromatic nitrogens is 5. The Balaban J connectivity index is 1.68. The van der Waals surface area contributed by atoms with Crippen LogP contribution in [-0.2, 0) is 12.7 Å². The van der Waals surface area contributed by atoms with Gasteiger partial charge in [-0.05, 0) is 61.0 Å². The zero-order valence-corrected chi connectivity index (χ0v) is 20.9. The standard InChI is InChI=1S/C28H20F3N7O2/c1-18-25(24-12-15-35-38(24)22-8-6-21(32-2)7-9-22)37(26(39)34-17-19-10-13-33-14-11-19)27(40)36(18)23-5-3-4-20(16-23)28(29,30)31/h3-16H,17H2,1H3,(H,34,39). The third-order valence-corrected chi connectivity index (χ3v) is 6.22. The molecule has 2 aromatic carbocycles. The predicted octanol–water partition coefficient (Wildman–Crippen LogP) is 5.52. The summed E-state index contributed by atoms with van der Waals surface area (Å²) in [4.78, 5) is 34.6. The predicted molar refractivity (Wildman–Crippen MR) is 140 cm³/mol. The molecule has 0 spiro atoms. The fraction of sp³-hybridized carbons (Fsp3) is 0.107. The number of imidazole rings is 1. The number of carbonyl (C=O) groups is 1. The Bertz CT molecular complexity index is 1790. The van der Waals surface area contributed by atoms with E-state index in [0.717, 1.165) is 26.8 Å². The molecule has 3 heterocycles. The SMILES string of the molecule is [C-]#[N+]c1ccc(-n2nccc2-c2c(C)n(-c3cccc(C(F)(F)F)c3)c(=O)n2C(=O)NCc2ccncc2)cc1. The van der Waals surface area contributed by atoms with E-state index in [1.54, 1.807) is 61.8 Å². The number of nitrogens with one attached hydrogen (secondary N) is 1. The van der Waals surface area contributed by atoms with Crippen LogP contribution in [0, 0.1) is 13.5 Å². The first kappa shape index (κ1) is 26.2. The van der Waals surface area contributed by atoms with Gasteiger partial charge in [0.2, 0.25) is 0 Å². The van der Waals surface area contributed by atoms with E-state index in [-0.39, 0.29) is 23.6 Å². The summed E-state index contributed by atoms with van der Waals surface area (Å²) in [6.45, 7) is 8.80. The van der Waals surface area contributed by atoms with E-state index in [1.807, 2.05) is 0 Å². The molecule has 0 atom stereocenters. The second-order valence-corrected chi connectivity index (χ2v) is 8.71. The fourth-order valence-electron chi connectivity index (χ4n) is 4.33. The van der Waals surface area contributed by atoms with Crippen LogP contribution in [0.1, 0.15) is 16.8 Å². The summed E-state index contributed by atoms with van der Waals surface area (Å²) in [5, 5.41) is 7.04. The third-order valence-electron chi connectivity index (χ3n) is 6.22. The van der Waals surface area contributed by atoms with Crippen molar-refractivity contribution in [3.8, 4) is 22.8 Å².